The van der Waals surface area contributed by atoms with Gasteiger partial charge in [0.1, 0.15) is 5.75 Å². The van der Waals surface area contributed by atoms with Crippen molar-refractivity contribution in [3.63, 3.8) is 0 Å². The largest absolute Gasteiger partial charge is 0.611 e. The lowest BCUT2D eigenvalue weighted by Gasteiger charge is -2.06. The van der Waals surface area contributed by atoms with E-state index in [1.165, 1.54) is 5.56 Å². The first kappa shape index (κ1) is 17.6. The molecule has 3 rings (SSSR count). The van der Waals surface area contributed by atoms with Crippen molar-refractivity contribution in [1.82, 2.24) is 4.98 Å². The molecule has 1 unspecified atom stereocenters. The third-order valence-electron chi connectivity index (χ3n) is 4.03. The molecule has 1 aliphatic rings. The number of pyridine rings is 1. The molecule has 6 heteroatoms. The van der Waals surface area contributed by atoms with E-state index >= 15 is 0 Å². The quantitative estimate of drug-likeness (QED) is 0.589. The third kappa shape index (κ3) is 4.90. The highest BCUT2D eigenvalue weighted by molar-refractivity contribution is 7.91. The Labute approximate surface area is 150 Å². The second kappa shape index (κ2) is 8.27. The summed E-state index contributed by atoms with van der Waals surface area (Å²) in [5.41, 5.74) is 3.72. The summed E-state index contributed by atoms with van der Waals surface area (Å²) in [5, 5.41) is 0. The van der Waals surface area contributed by atoms with Gasteiger partial charge in [-0.25, -0.2) is 0 Å². The molecule has 0 spiro atoms. The maximum atomic E-state index is 11.6. The molecule has 1 aromatic carbocycles. The molecule has 1 aromatic heterocycles. The first-order chi connectivity index (χ1) is 12.1. The Morgan fingerprint density at radius 1 is 1.28 bits per heavy atom. The summed E-state index contributed by atoms with van der Waals surface area (Å²) in [4.78, 5) is 16.0. The van der Waals surface area contributed by atoms with Crippen LogP contribution in [0.15, 0.2) is 48.3 Å². The number of hydrogen-bond donors (Lipinski definition) is 0. The van der Waals surface area contributed by atoms with Gasteiger partial charge in [-0.2, -0.15) is 0 Å². The minimum absolute atomic E-state index is 0.0697. The van der Waals surface area contributed by atoms with Gasteiger partial charge in [-0.1, -0.05) is 25.1 Å². The van der Waals surface area contributed by atoms with Gasteiger partial charge in [-0.15, -0.1) is 0 Å². The molecule has 0 N–H and O–H groups in total. The molecule has 5 nitrogen and oxygen atoms in total. The van der Waals surface area contributed by atoms with Gasteiger partial charge in [0.2, 0.25) is 0 Å². The number of aromatic nitrogens is 1. The van der Waals surface area contributed by atoms with E-state index in [4.69, 9.17) is 4.74 Å². The van der Waals surface area contributed by atoms with E-state index in [9.17, 15) is 9.46 Å². The summed E-state index contributed by atoms with van der Waals surface area (Å²) in [5.74, 6) is 1.17. The monoisotopic (exact) mass is 357 g/mol. The topological polar surface area (TPSA) is 65.3 Å². The molecule has 0 aliphatic carbocycles. The van der Waals surface area contributed by atoms with Crippen molar-refractivity contribution < 1.29 is 14.0 Å². The van der Waals surface area contributed by atoms with Gasteiger partial charge < -0.3 is 9.29 Å². The molecule has 1 saturated heterocycles. The lowest BCUT2D eigenvalue weighted by atomic mass is 10.2. The fraction of sp³-hybridized carbons (Fsp3) is 0.316. The number of benzene rings is 1. The van der Waals surface area contributed by atoms with Crippen molar-refractivity contribution in [1.29, 1.82) is 0 Å². The van der Waals surface area contributed by atoms with Crippen molar-refractivity contribution in [2.45, 2.75) is 19.8 Å². The molecule has 0 bridgehead atoms. The SMILES string of the molecule is CCc1ccc(CCOc2ccc(C=C3C[S+]([O-])C[N+]3=O)cc2)nc1. The van der Waals surface area contributed by atoms with Crippen LogP contribution in [0.25, 0.3) is 6.08 Å². The summed E-state index contributed by atoms with van der Waals surface area (Å²) in [6, 6.07) is 11.7. The Morgan fingerprint density at radius 3 is 2.68 bits per heavy atom. The smallest absolute Gasteiger partial charge is 0.345 e. The predicted molar refractivity (Wildman–Crippen MR) is 98.7 cm³/mol. The van der Waals surface area contributed by atoms with Crippen LogP contribution in [0.4, 0.5) is 0 Å². The summed E-state index contributed by atoms with van der Waals surface area (Å²) < 4.78 is 17.9. The Morgan fingerprint density at radius 2 is 2.08 bits per heavy atom. The zero-order chi connectivity index (χ0) is 17.6. The Kier molecular flexibility index (Phi) is 5.83. The van der Waals surface area contributed by atoms with E-state index in [1.54, 1.807) is 6.08 Å². The molecule has 1 atom stereocenters. The molecule has 0 amide bonds. The summed E-state index contributed by atoms with van der Waals surface area (Å²) in [6.45, 7) is 2.67. The van der Waals surface area contributed by atoms with Crippen LogP contribution in [0, 0.1) is 4.91 Å². The fourth-order valence-electron chi connectivity index (χ4n) is 2.55. The van der Waals surface area contributed by atoms with E-state index in [2.05, 4.69) is 18.0 Å². The van der Waals surface area contributed by atoms with E-state index < -0.39 is 11.2 Å². The number of ether oxygens (including phenoxy) is 1. The molecular formula is C19H21N2O3S+. The molecule has 1 aliphatic heterocycles. The number of rotatable bonds is 6. The Hall–Kier alpha value is -2.18. The average Bonchev–Trinajstić information content (AvgIpc) is 2.94. The Balaban J connectivity index is 1.52. The molecule has 2 heterocycles. The molecule has 2 aromatic rings. The van der Waals surface area contributed by atoms with Crippen LogP contribution in [0.1, 0.15) is 23.7 Å². The van der Waals surface area contributed by atoms with Crippen LogP contribution in [0.3, 0.4) is 0 Å². The number of hydrogen-bond acceptors (Lipinski definition) is 4. The zero-order valence-corrected chi connectivity index (χ0v) is 15.0. The maximum absolute atomic E-state index is 11.6. The second-order valence-electron chi connectivity index (χ2n) is 5.91. The minimum Gasteiger partial charge on any atom is -0.611 e. The normalized spacial score (nSPS) is 18.7. The maximum Gasteiger partial charge on any atom is 0.345 e. The van der Waals surface area contributed by atoms with Gasteiger partial charge in [0.25, 0.3) is 5.70 Å². The molecule has 0 radical (unpaired) electrons. The van der Waals surface area contributed by atoms with Gasteiger partial charge in [0.15, 0.2) is 5.75 Å². The minimum atomic E-state index is -1.07. The van der Waals surface area contributed by atoms with Crippen molar-refractivity contribution in [2.75, 3.05) is 18.2 Å². The first-order valence-corrected chi connectivity index (χ1v) is 9.79. The van der Waals surface area contributed by atoms with Gasteiger partial charge in [0.05, 0.1) is 11.4 Å². The Bertz CT molecular complexity index is 757. The molecule has 1 fully saturated rings. The van der Waals surface area contributed by atoms with Gasteiger partial charge in [-0.3, -0.25) is 4.98 Å². The van der Waals surface area contributed by atoms with Gasteiger partial charge in [-0.05, 0) is 35.7 Å². The molecule has 25 heavy (non-hydrogen) atoms. The fourth-order valence-corrected chi connectivity index (χ4v) is 3.62. The van der Waals surface area contributed by atoms with Crippen LogP contribution in [-0.2, 0) is 24.0 Å². The zero-order valence-electron chi connectivity index (χ0n) is 14.2. The number of nitroso groups, excluding NO2 is 1. The van der Waals surface area contributed by atoms with E-state index in [0.717, 1.165) is 34.6 Å². The lowest BCUT2D eigenvalue weighted by molar-refractivity contribution is -0.469. The number of aryl methyl sites for hydroxylation is 1. The summed E-state index contributed by atoms with van der Waals surface area (Å²) in [6.07, 6.45) is 5.44. The lowest BCUT2D eigenvalue weighted by Crippen LogP contribution is -2.03. The van der Waals surface area contributed by atoms with Crippen molar-refractivity contribution in [2.24, 2.45) is 0 Å². The van der Waals surface area contributed by atoms with Crippen LogP contribution in [0.5, 0.6) is 5.75 Å². The standard InChI is InChI=1S/C19H21N2O3S/c1-2-15-3-6-17(20-12-15)9-10-24-19-7-4-16(5-8-19)11-18-13-25(23)14-21(18)22/h3-8,11-12H,2,9-10,13-14H2,1H3/q+1. The second-order valence-corrected chi connectivity index (χ2v) is 7.33. The van der Waals surface area contributed by atoms with Gasteiger partial charge >= 0.3 is 5.88 Å². The highest BCUT2D eigenvalue weighted by Crippen LogP contribution is 2.19. The molecule has 130 valence electrons. The highest BCUT2D eigenvalue weighted by atomic mass is 32.2. The van der Waals surface area contributed by atoms with E-state index in [0.29, 0.717) is 18.1 Å². The predicted octanol–water partition coefficient (Wildman–Crippen LogP) is 3.11. The van der Waals surface area contributed by atoms with Crippen LogP contribution < -0.4 is 4.74 Å². The third-order valence-corrected chi connectivity index (χ3v) is 5.17. The number of nitrogens with zero attached hydrogens (tertiary/aromatic N) is 2. The first-order valence-electron chi connectivity index (χ1n) is 8.31. The van der Waals surface area contributed by atoms with Gasteiger partial charge in [0, 0.05) is 40.5 Å². The highest BCUT2D eigenvalue weighted by Gasteiger charge is 2.37. The average molecular weight is 357 g/mol. The van der Waals surface area contributed by atoms with Crippen LogP contribution >= 0.6 is 0 Å². The van der Waals surface area contributed by atoms with Crippen LogP contribution in [-0.4, -0.2) is 32.5 Å². The van der Waals surface area contributed by atoms with E-state index in [1.807, 2.05) is 36.5 Å². The molecule has 0 saturated carbocycles. The van der Waals surface area contributed by atoms with Crippen molar-refractivity contribution in [3.8, 4) is 5.75 Å². The van der Waals surface area contributed by atoms with Crippen molar-refractivity contribution in [3.05, 3.63) is 70.0 Å². The van der Waals surface area contributed by atoms with E-state index in [-0.39, 0.29) is 5.88 Å². The summed E-state index contributed by atoms with van der Waals surface area (Å²) >= 11 is -1.07. The van der Waals surface area contributed by atoms with Crippen LogP contribution in [0.2, 0.25) is 0 Å². The van der Waals surface area contributed by atoms with Crippen molar-refractivity contribution >= 4 is 17.3 Å². The summed E-state index contributed by atoms with van der Waals surface area (Å²) in [7, 11) is 0. The molecular weight excluding hydrogens is 336 g/mol.